The number of carbonyl (C=O) groups excluding carboxylic acids is 1. The first kappa shape index (κ1) is 22.7. The molecule has 0 radical (unpaired) electrons. The summed E-state index contributed by atoms with van der Waals surface area (Å²) < 4.78 is 80.3. The molecule has 2 aromatic carbocycles. The summed E-state index contributed by atoms with van der Waals surface area (Å²) in [7, 11) is 0. The minimum absolute atomic E-state index is 0.0240. The van der Waals surface area contributed by atoms with Gasteiger partial charge in [0.1, 0.15) is 5.69 Å². The van der Waals surface area contributed by atoms with E-state index >= 15 is 0 Å². The van der Waals surface area contributed by atoms with Gasteiger partial charge in [-0.15, -0.1) is 0 Å². The molecule has 1 N–H and O–H groups in total. The van der Waals surface area contributed by atoms with E-state index in [0.29, 0.717) is 24.2 Å². The van der Waals surface area contributed by atoms with Gasteiger partial charge in [-0.2, -0.15) is 26.3 Å². The summed E-state index contributed by atoms with van der Waals surface area (Å²) in [4.78, 5) is 13.0. The zero-order valence-electron chi connectivity index (χ0n) is 17.0. The number of alkyl halides is 6. The Bertz CT molecular complexity index is 1110. The van der Waals surface area contributed by atoms with Gasteiger partial charge in [0, 0.05) is 23.1 Å². The predicted octanol–water partition coefficient (Wildman–Crippen LogP) is 6.82. The van der Waals surface area contributed by atoms with Gasteiger partial charge in [0.25, 0.3) is 5.91 Å². The summed E-state index contributed by atoms with van der Waals surface area (Å²) in [5.74, 6) is -0.777. The maximum atomic E-state index is 13.1. The fourth-order valence-electron chi connectivity index (χ4n) is 3.63. The summed E-state index contributed by atoms with van der Waals surface area (Å²) in [6.45, 7) is 5.88. The average molecular weight is 442 g/mol. The smallest absolute Gasteiger partial charge is 0.337 e. The number of hydrogen-bond donors (Lipinski definition) is 1. The van der Waals surface area contributed by atoms with Crippen molar-refractivity contribution in [1.82, 2.24) is 4.57 Å². The normalized spacial score (nSPS) is 12.4. The van der Waals surface area contributed by atoms with Crippen molar-refractivity contribution >= 4 is 22.5 Å². The van der Waals surface area contributed by atoms with E-state index in [1.807, 2.05) is 25.1 Å². The molecular formula is C22H20F6N2O. The zero-order valence-corrected chi connectivity index (χ0v) is 17.0. The molecule has 3 aromatic rings. The number of amides is 1. The highest BCUT2D eigenvalue weighted by Gasteiger charge is 2.37. The lowest BCUT2D eigenvalue weighted by atomic mass is 10.1. The summed E-state index contributed by atoms with van der Waals surface area (Å²) in [5, 5.41) is 3.04. The second-order valence-corrected chi connectivity index (χ2v) is 7.17. The number of halogens is 6. The Balaban J connectivity index is 2.09. The van der Waals surface area contributed by atoms with Gasteiger partial charge >= 0.3 is 12.4 Å². The predicted molar refractivity (Wildman–Crippen MR) is 106 cm³/mol. The highest BCUT2D eigenvalue weighted by atomic mass is 19.4. The zero-order chi connectivity index (χ0) is 23.1. The first-order chi connectivity index (χ1) is 14.4. The van der Waals surface area contributed by atoms with E-state index in [4.69, 9.17) is 0 Å². The van der Waals surface area contributed by atoms with Crippen molar-refractivity contribution in [2.75, 3.05) is 5.32 Å². The summed E-state index contributed by atoms with van der Waals surface area (Å²) >= 11 is 0. The number of fused-ring (bicyclic) bond motifs is 1. The number of rotatable bonds is 4. The average Bonchev–Trinajstić information content (AvgIpc) is 2.97. The van der Waals surface area contributed by atoms with Crippen LogP contribution in [0.5, 0.6) is 0 Å². The van der Waals surface area contributed by atoms with Crippen LogP contribution in [0.4, 0.5) is 32.0 Å². The maximum Gasteiger partial charge on any atom is 0.416 e. The SMILES string of the molecule is CCc1ccc2c(c1)c(C)c(C(=O)Nc1cc(C(F)(F)F)cc(C(F)(F)F)c1)n2CC. The molecule has 0 saturated carbocycles. The Labute approximate surface area is 174 Å². The molecule has 0 aliphatic heterocycles. The van der Waals surface area contributed by atoms with E-state index in [-0.39, 0.29) is 11.8 Å². The van der Waals surface area contributed by atoms with Crippen LogP contribution in [0.25, 0.3) is 10.9 Å². The fraction of sp³-hybridized carbons (Fsp3) is 0.318. The van der Waals surface area contributed by atoms with Gasteiger partial charge in [-0.3, -0.25) is 4.79 Å². The third-order valence-corrected chi connectivity index (χ3v) is 5.17. The maximum absolute atomic E-state index is 13.1. The van der Waals surface area contributed by atoms with Crippen molar-refractivity contribution in [1.29, 1.82) is 0 Å². The molecule has 0 bridgehead atoms. The summed E-state index contributed by atoms with van der Waals surface area (Å²) in [6, 6.07) is 6.72. The van der Waals surface area contributed by atoms with Crippen LogP contribution in [0, 0.1) is 6.92 Å². The number of anilines is 1. The lowest BCUT2D eigenvalue weighted by Gasteiger charge is -2.15. The number of aryl methyl sites for hydroxylation is 3. The van der Waals surface area contributed by atoms with Crippen LogP contribution in [-0.4, -0.2) is 10.5 Å². The molecule has 3 nitrogen and oxygen atoms in total. The van der Waals surface area contributed by atoms with Crippen LogP contribution < -0.4 is 5.32 Å². The Morgan fingerprint density at radius 2 is 1.52 bits per heavy atom. The number of carbonyl (C=O) groups is 1. The molecule has 0 aliphatic carbocycles. The molecule has 0 atom stereocenters. The largest absolute Gasteiger partial charge is 0.416 e. The lowest BCUT2D eigenvalue weighted by molar-refractivity contribution is -0.143. The van der Waals surface area contributed by atoms with E-state index in [0.717, 1.165) is 22.9 Å². The molecule has 1 heterocycles. The van der Waals surface area contributed by atoms with Gasteiger partial charge in [-0.1, -0.05) is 13.0 Å². The minimum atomic E-state index is -4.99. The highest BCUT2D eigenvalue weighted by Crippen LogP contribution is 2.38. The molecule has 1 amide bonds. The Morgan fingerprint density at radius 1 is 0.935 bits per heavy atom. The molecule has 166 valence electrons. The van der Waals surface area contributed by atoms with Crippen LogP contribution in [0.15, 0.2) is 36.4 Å². The second-order valence-electron chi connectivity index (χ2n) is 7.17. The minimum Gasteiger partial charge on any atom is -0.337 e. The Morgan fingerprint density at radius 3 is 2.00 bits per heavy atom. The third-order valence-electron chi connectivity index (χ3n) is 5.17. The van der Waals surface area contributed by atoms with Gasteiger partial charge in [0.15, 0.2) is 0 Å². The van der Waals surface area contributed by atoms with Crippen molar-refractivity contribution in [3.05, 3.63) is 64.3 Å². The quantitative estimate of drug-likeness (QED) is 0.442. The van der Waals surface area contributed by atoms with Crippen molar-refractivity contribution in [2.45, 2.75) is 46.1 Å². The van der Waals surface area contributed by atoms with Crippen LogP contribution in [-0.2, 0) is 25.3 Å². The van der Waals surface area contributed by atoms with Gasteiger partial charge in [-0.25, -0.2) is 0 Å². The van der Waals surface area contributed by atoms with Crippen molar-refractivity contribution in [2.24, 2.45) is 0 Å². The van der Waals surface area contributed by atoms with Gasteiger partial charge in [-0.05, 0) is 61.7 Å². The van der Waals surface area contributed by atoms with E-state index in [9.17, 15) is 31.1 Å². The van der Waals surface area contributed by atoms with Crippen LogP contribution in [0.3, 0.4) is 0 Å². The Kier molecular flexibility index (Phi) is 5.82. The van der Waals surface area contributed by atoms with E-state index in [1.54, 1.807) is 18.4 Å². The van der Waals surface area contributed by atoms with E-state index in [2.05, 4.69) is 5.32 Å². The molecule has 9 heteroatoms. The first-order valence-electron chi connectivity index (χ1n) is 9.59. The van der Waals surface area contributed by atoms with Crippen LogP contribution in [0.2, 0.25) is 0 Å². The van der Waals surface area contributed by atoms with Crippen LogP contribution >= 0.6 is 0 Å². The number of nitrogens with one attached hydrogen (secondary N) is 1. The van der Waals surface area contributed by atoms with E-state index in [1.165, 1.54) is 0 Å². The molecule has 0 fully saturated rings. The van der Waals surface area contributed by atoms with Crippen molar-refractivity contribution in [3.63, 3.8) is 0 Å². The molecule has 0 aliphatic rings. The molecule has 1 aromatic heterocycles. The van der Waals surface area contributed by atoms with Crippen LogP contribution in [0.1, 0.15) is 46.6 Å². The molecule has 0 spiro atoms. The molecular weight excluding hydrogens is 422 g/mol. The lowest BCUT2D eigenvalue weighted by Crippen LogP contribution is -2.19. The molecule has 31 heavy (non-hydrogen) atoms. The summed E-state index contributed by atoms with van der Waals surface area (Å²) in [6.07, 6.45) is -9.21. The van der Waals surface area contributed by atoms with Gasteiger partial charge in [0.2, 0.25) is 0 Å². The monoisotopic (exact) mass is 442 g/mol. The highest BCUT2D eigenvalue weighted by molar-refractivity contribution is 6.08. The standard InChI is InChI=1S/C22H20F6N2O/c1-4-13-6-7-18-17(8-13)12(3)19(30(18)5-2)20(31)29-16-10-14(21(23,24)25)9-15(11-16)22(26,27)28/h6-11H,4-5H2,1-3H3,(H,29,31). The van der Waals surface area contributed by atoms with Gasteiger partial charge in [0.05, 0.1) is 11.1 Å². The van der Waals surface area contributed by atoms with E-state index < -0.39 is 35.1 Å². The first-order valence-corrected chi connectivity index (χ1v) is 9.59. The van der Waals surface area contributed by atoms with Crippen molar-refractivity contribution in [3.8, 4) is 0 Å². The van der Waals surface area contributed by atoms with Crippen molar-refractivity contribution < 1.29 is 31.1 Å². The molecule has 0 unspecified atom stereocenters. The number of hydrogen-bond acceptors (Lipinski definition) is 1. The van der Waals surface area contributed by atoms with Gasteiger partial charge < -0.3 is 9.88 Å². The molecule has 0 saturated heterocycles. The molecule has 3 rings (SSSR count). The summed E-state index contributed by atoms with van der Waals surface area (Å²) in [5.41, 5.74) is -0.945. The third kappa shape index (κ3) is 4.40. The number of benzene rings is 2. The number of aromatic nitrogens is 1. The topological polar surface area (TPSA) is 34.0 Å². The fourth-order valence-corrected chi connectivity index (χ4v) is 3.63. The second kappa shape index (κ2) is 7.94. The Hall–Kier alpha value is -2.97. The number of nitrogens with zero attached hydrogens (tertiary/aromatic N) is 1.